The normalized spacial score (nSPS) is 15.8. The number of amides is 1. The molecule has 1 aliphatic rings. The molecule has 1 atom stereocenters. The van der Waals surface area contributed by atoms with E-state index in [1.54, 1.807) is 30.3 Å². The maximum atomic E-state index is 13.3. The maximum Gasteiger partial charge on any atom is 0.333 e. The van der Waals surface area contributed by atoms with Crippen LogP contribution in [0.3, 0.4) is 0 Å². The average molecular weight is 550 g/mol. The average Bonchev–Trinajstić information content (AvgIpc) is 3.04. The van der Waals surface area contributed by atoms with Crippen molar-refractivity contribution in [3.8, 4) is 11.5 Å². The van der Waals surface area contributed by atoms with Crippen molar-refractivity contribution in [2.45, 2.75) is 32.9 Å². The van der Waals surface area contributed by atoms with Gasteiger partial charge in [-0.05, 0) is 66.0 Å². The van der Waals surface area contributed by atoms with E-state index in [0.29, 0.717) is 33.0 Å². The van der Waals surface area contributed by atoms with Gasteiger partial charge in [0.1, 0.15) is 4.32 Å². The van der Waals surface area contributed by atoms with Crippen LogP contribution in [0.15, 0.2) is 51.8 Å². The molecule has 174 valence electrons. The number of rotatable bonds is 8. The van der Waals surface area contributed by atoms with Crippen molar-refractivity contribution in [3.63, 3.8) is 0 Å². The van der Waals surface area contributed by atoms with E-state index in [1.807, 2.05) is 39.0 Å². The SMILES string of the molecule is CCOc1cc(/C=C2\SC(=S)N(C(C(=O)OC)c3ccccc3)C2=O)cc(Br)c1OC(C)C. The Morgan fingerprint density at radius 2 is 1.94 bits per heavy atom. The number of methoxy groups -OCH3 is 1. The molecule has 3 rings (SSSR count). The topological polar surface area (TPSA) is 65.1 Å². The van der Waals surface area contributed by atoms with Gasteiger partial charge >= 0.3 is 5.97 Å². The molecule has 0 saturated carbocycles. The third-order valence-electron chi connectivity index (χ3n) is 4.60. The second-order valence-corrected chi connectivity index (χ2v) is 9.85. The van der Waals surface area contributed by atoms with Gasteiger partial charge in [0.25, 0.3) is 5.91 Å². The zero-order valence-corrected chi connectivity index (χ0v) is 21.9. The van der Waals surface area contributed by atoms with Gasteiger partial charge in [-0.25, -0.2) is 4.79 Å². The predicted octanol–water partition coefficient (Wildman–Crippen LogP) is 5.75. The van der Waals surface area contributed by atoms with Crippen LogP contribution in [0, 0.1) is 0 Å². The summed E-state index contributed by atoms with van der Waals surface area (Å²) in [6.07, 6.45) is 1.70. The smallest absolute Gasteiger partial charge is 0.333 e. The van der Waals surface area contributed by atoms with Crippen LogP contribution in [0.5, 0.6) is 11.5 Å². The fraction of sp³-hybridized carbons (Fsp3) is 0.292. The molecule has 0 radical (unpaired) electrons. The summed E-state index contributed by atoms with van der Waals surface area (Å²) in [5.74, 6) is 0.251. The Labute approximate surface area is 211 Å². The quantitative estimate of drug-likeness (QED) is 0.236. The van der Waals surface area contributed by atoms with Crippen molar-refractivity contribution in [2.75, 3.05) is 13.7 Å². The number of hydrogen-bond donors (Lipinski definition) is 0. The molecule has 0 aromatic heterocycles. The van der Waals surface area contributed by atoms with Crippen LogP contribution in [0.1, 0.15) is 37.9 Å². The zero-order valence-electron chi connectivity index (χ0n) is 18.7. The molecule has 6 nitrogen and oxygen atoms in total. The number of carbonyl (C=O) groups is 2. The number of benzene rings is 2. The van der Waals surface area contributed by atoms with Crippen molar-refractivity contribution in [2.24, 2.45) is 0 Å². The molecule has 0 N–H and O–H groups in total. The lowest BCUT2D eigenvalue weighted by atomic mass is 10.1. The standard InChI is InChI=1S/C24H24BrNO5S2/c1-5-30-18-12-15(11-17(25)21(18)31-14(2)3)13-19-22(27)26(24(32)33-19)20(23(28)29-4)16-9-7-6-8-10-16/h6-14,20H,5H2,1-4H3/b19-13-. The molecule has 2 aromatic carbocycles. The van der Waals surface area contributed by atoms with E-state index >= 15 is 0 Å². The van der Waals surface area contributed by atoms with Gasteiger partial charge in [-0.3, -0.25) is 9.69 Å². The number of esters is 1. The van der Waals surface area contributed by atoms with Gasteiger partial charge in [0.15, 0.2) is 17.5 Å². The molecule has 1 saturated heterocycles. The summed E-state index contributed by atoms with van der Waals surface area (Å²) >= 11 is 10.2. The molecule has 1 fully saturated rings. The minimum Gasteiger partial charge on any atom is -0.490 e. The first kappa shape index (κ1) is 25.3. The number of thioether (sulfide) groups is 1. The number of carbonyl (C=O) groups excluding carboxylic acids is 2. The van der Waals surface area contributed by atoms with E-state index in [-0.39, 0.29) is 16.3 Å². The molecule has 1 heterocycles. The number of hydrogen-bond acceptors (Lipinski definition) is 7. The molecule has 33 heavy (non-hydrogen) atoms. The van der Waals surface area contributed by atoms with Crippen molar-refractivity contribution < 1.29 is 23.8 Å². The third kappa shape index (κ3) is 5.77. The molecule has 0 aliphatic carbocycles. The van der Waals surface area contributed by atoms with Gasteiger partial charge in [0.2, 0.25) is 0 Å². The van der Waals surface area contributed by atoms with Gasteiger partial charge in [0.05, 0.1) is 29.2 Å². The van der Waals surface area contributed by atoms with Crippen molar-refractivity contribution in [1.82, 2.24) is 4.90 Å². The van der Waals surface area contributed by atoms with Crippen LogP contribution in [0.4, 0.5) is 0 Å². The van der Waals surface area contributed by atoms with Crippen molar-refractivity contribution in [1.29, 1.82) is 0 Å². The highest BCUT2D eigenvalue weighted by molar-refractivity contribution is 9.10. The Bertz CT molecular complexity index is 1090. The van der Waals surface area contributed by atoms with Gasteiger partial charge in [-0.2, -0.15) is 0 Å². The first-order valence-electron chi connectivity index (χ1n) is 10.3. The van der Waals surface area contributed by atoms with E-state index in [0.717, 1.165) is 17.3 Å². The van der Waals surface area contributed by atoms with Crippen molar-refractivity contribution >= 4 is 62.2 Å². The van der Waals surface area contributed by atoms with Crippen LogP contribution < -0.4 is 9.47 Å². The molecule has 0 spiro atoms. The fourth-order valence-corrected chi connectivity index (χ4v) is 5.14. The minimum atomic E-state index is -0.956. The van der Waals surface area contributed by atoms with Crippen LogP contribution in [-0.4, -0.2) is 40.9 Å². The summed E-state index contributed by atoms with van der Waals surface area (Å²) in [5, 5.41) is 0. The second-order valence-electron chi connectivity index (χ2n) is 7.32. The highest BCUT2D eigenvalue weighted by Crippen LogP contribution is 2.41. The number of halogens is 1. The molecule has 0 bridgehead atoms. The van der Waals surface area contributed by atoms with Crippen LogP contribution in [-0.2, 0) is 14.3 Å². The monoisotopic (exact) mass is 549 g/mol. The number of ether oxygens (including phenoxy) is 3. The number of nitrogens with zero attached hydrogens (tertiary/aromatic N) is 1. The Morgan fingerprint density at radius 1 is 1.24 bits per heavy atom. The first-order valence-corrected chi connectivity index (χ1v) is 12.3. The van der Waals surface area contributed by atoms with Crippen molar-refractivity contribution in [3.05, 3.63) is 63.0 Å². The van der Waals surface area contributed by atoms with Gasteiger partial charge in [-0.15, -0.1) is 0 Å². The lowest BCUT2D eigenvalue weighted by molar-refractivity contribution is -0.148. The Hall–Kier alpha value is -2.36. The molecule has 2 aromatic rings. The lowest BCUT2D eigenvalue weighted by Crippen LogP contribution is -2.37. The molecule has 1 unspecified atom stereocenters. The summed E-state index contributed by atoms with van der Waals surface area (Å²) in [4.78, 5) is 27.6. The van der Waals surface area contributed by atoms with Gasteiger partial charge in [-0.1, -0.05) is 54.3 Å². The lowest BCUT2D eigenvalue weighted by Gasteiger charge is -2.24. The first-order chi connectivity index (χ1) is 15.8. The Morgan fingerprint density at radius 3 is 2.55 bits per heavy atom. The Balaban J connectivity index is 1.98. The number of thiocarbonyl (C=S) groups is 1. The van der Waals surface area contributed by atoms with Crippen LogP contribution in [0.25, 0.3) is 6.08 Å². The molecule has 1 amide bonds. The highest BCUT2D eigenvalue weighted by Gasteiger charge is 2.41. The maximum absolute atomic E-state index is 13.3. The van der Waals surface area contributed by atoms with E-state index < -0.39 is 12.0 Å². The zero-order chi connectivity index (χ0) is 24.1. The summed E-state index contributed by atoms with van der Waals surface area (Å²) in [6.45, 7) is 6.23. The summed E-state index contributed by atoms with van der Waals surface area (Å²) in [5.41, 5.74) is 1.36. The van der Waals surface area contributed by atoms with Gasteiger partial charge in [0, 0.05) is 0 Å². The highest BCUT2D eigenvalue weighted by atomic mass is 79.9. The Kier molecular flexibility index (Phi) is 8.56. The van der Waals surface area contributed by atoms with E-state index in [2.05, 4.69) is 15.9 Å². The largest absolute Gasteiger partial charge is 0.490 e. The molecular weight excluding hydrogens is 526 g/mol. The molecule has 9 heteroatoms. The van der Waals surface area contributed by atoms with E-state index in [4.69, 9.17) is 26.4 Å². The van der Waals surface area contributed by atoms with Crippen LogP contribution in [0.2, 0.25) is 0 Å². The van der Waals surface area contributed by atoms with E-state index in [1.165, 1.54) is 12.0 Å². The van der Waals surface area contributed by atoms with Gasteiger partial charge < -0.3 is 14.2 Å². The fourth-order valence-electron chi connectivity index (χ4n) is 3.28. The third-order valence-corrected chi connectivity index (χ3v) is 6.52. The second kappa shape index (κ2) is 11.2. The summed E-state index contributed by atoms with van der Waals surface area (Å²) in [6, 6.07) is 11.7. The summed E-state index contributed by atoms with van der Waals surface area (Å²) in [7, 11) is 1.29. The summed E-state index contributed by atoms with van der Waals surface area (Å²) < 4.78 is 17.6. The molecule has 1 aliphatic heterocycles. The van der Waals surface area contributed by atoms with E-state index in [9.17, 15) is 9.59 Å². The minimum absolute atomic E-state index is 0.0316. The molecular formula is C24H24BrNO5S2. The van der Waals surface area contributed by atoms with Crippen LogP contribution >= 0.6 is 39.9 Å². The predicted molar refractivity (Wildman–Crippen MR) is 137 cm³/mol.